The van der Waals surface area contributed by atoms with Crippen LogP contribution in [-0.2, 0) is 6.42 Å². The number of rotatable bonds is 11. The molecule has 4 aromatic rings. The van der Waals surface area contributed by atoms with E-state index in [0.717, 1.165) is 53.5 Å². The zero-order chi connectivity index (χ0) is 22.0. The summed E-state index contributed by atoms with van der Waals surface area (Å²) >= 11 is 1.60. The molecule has 5 heteroatoms. The van der Waals surface area contributed by atoms with E-state index in [9.17, 15) is 0 Å². The van der Waals surface area contributed by atoms with Crippen LogP contribution >= 0.6 is 11.3 Å². The van der Waals surface area contributed by atoms with Crippen molar-refractivity contribution in [2.45, 2.75) is 26.2 Å². The Bertz CT molecular complexity index is 1080. The number of benzene rings is 3. The molecular formula is C27H27NO3S. The minimum Gasteiger partial charge on any atom is -0.493 e. The molecule has 0 aliphatic rings. The van der Waals surface area contributed by atoms with Gasteiger partial charge in [-0.2, -0.15) is 0 Å². The Morgan fingerprint density at radius 2 is 1.59 bits per heavy atom. The smallest absolute Gasteiger partial charge is 0.131 e. The minimum absolute atomic E-state index is 0.586. The average Bonchev–Trinajstić information content (AvgIpc) is 3.37. The standard InChI is InChI=1S/C27H27NO3S/c1-2-7-22-12-15-25(31-24-8-4-3-5-9-24)18-27(22)30-17-6-16-29-23-13-10-21(11-14-23)26-19-32-20-28-26/h3-5,8-15,18-20H,2,6-7,16-17H2,1H3. The normalized spacial score (nSPS) is 10.7. The van der Waals surface area contributed by atoms with Crippen molar-refractivity contribution in [3.05, 3.63) is 89.3 Å². The van der Waals surface area contributed by atoms with Crippen LogP contribution in [0.25, 0.3) is 11.3 Å². The molecule has 0 aliphatic carbocycles. The van der Waals surface area contributed by atoms with Gasteiger partial charge in [-0.1, -0.05) is 37.6 Å². The van der Waals surface area contributed by atoms with Gasteiger partial charge in [-0.25, -0.2) is 4.98 Å². The third-order valence-electron chi connectivity index (χ3n) is 4.93. The maximum atomic E-state index is 6.11. The van der Waals surface area contributed by atoms with E-state index in [1.54, 1.807) is 11.3 Å². The zero-order valence-corrected chi connectivity index (χ0v) is 19.0. The third kappa shape index (κ3) is 6.11. The molecule has 0 N–H and O–H groups in total. The van der Waals surface area contributed by atoms with Crippen LogP contribution in [0.1, 0.15) is 25.3 Å². The van der Waals surface area contributed by atoms with Gasteiger partial charge < -0.3 is 14.2 Å². The molecule has 0 amide bonds. The lowest BCUT2D eigenvalue weighted by Crippen LogP contribution is -2.06. The van der Waals surface area contributed by atoms with Crippen molar-refractivity contribution in [3.63, 3.8) is 0 Å². The first-order valence-electron chi connectivity index (χ1n) is 10.9. The second-order valence-corrected chi connectivity index (χ2v) is 8.10. The van der Waals surface area contributed by atoms with Crippen molar-refractivity contribution in [1.82, 2.24) is 4.98 Å². The highest BCUT2D eigenvalue weighted by atomic mass is 32.1. The van der Waals surface area contributed by atoms with Crippen molar-refractivity contribution in [1.29, 1.82) is 0 Å². The van der Waals surface area contributed by atoms with E-state index < -0.39 is 0 Å². The predicted octanol–water partition coefficient (Wildman–Crippen LogP) is 7.40. The predicted molar refractivity (Wildman–Crippen MR) is 130 cm³/mol. The fourth-order valence-corrected chi connectivity index (χ4v) is 3.90. The third-order valence-corrected chi connectivity index (χ3v) is 5.52. The molecule has 0 atom stereocenters. The number of hydrogen-bond acceptors (Lipinski definition) is 5. The SMILES string of the molecule is CCCc1ccc(Oc2ccccc2)cc1OCCCOc1ccc(-c2cscn2)cc1. The van der Waals surface area contributed by atoms with E-state index in [1.165, 1.54) is 5.56 Å². The highest BCUT2D eigenvalue weighted by molar-refractivity contribution is 7.07. The highest BCUT2D eigenvalue weighted by Gasteiger charge is 2.07. The maximum absolute atomic E-state index is 6.11. The fraction of sp³-hybridized carbons (Fsp3) is 0.222. The summed E-state index contributed by atoms with van der Waals surface area (Å²) in [5, 5.41) is 2.04. The lowest BCUT2D eigenvalue weighted by atomic mass is 10.1. The molecule has 0 saturated heterocycles. The molecule has 3 aromatic carbocycles. The number of aromatic nitrogens is 1. The summed E-state index contributed by atoms with van der Waals surface area (Å²) in [6.07, 6.45) is 2.83. The van der Waals surface area contributed by atoms with E-state index in [0.29, 0.717) is 13.2 Å². The molecular weight excluding hydrogens is 418 g/mol. The van der Waals surface area contributed by atoms with Crippen LogP contribution in [0, 0.1) is 0 Å². The van der Waals surface area contributed by atoms with Crippen molar-refractivity contribution in [3.8, 4) is 34.3 Å². The minimum atomic E-state index is 0.586. The molecule has 1 aromatic heterocycles. The van der Waals surface area contributed by atoms with Crippen LogP contribution in [-0.4, -0.2) is 18.2 Å². The molecule has 0 radical (unpaired) electrons. The van der Waals surface area contributed by atoms with E-state index in [-0.39, 0.29) is 0 Å². The summed E-state index contributed by atoms with van der Waals surface area (Å²) in [5.74, 6) is 3.33. The van der Waals surface area contributed by atoms with Gasteiger partial charge in [0.2, 0.25) is 0 Å². The number of aryl methyl sites for hydroxylation is 1. The van der Waals surface area contributed by atoms with Gasteiger partial charge in [0.15, 0.2) is 0 Å². The van der Waals surface area contributed by atoms with Crippen LogP contribution in [0.15, 0.2) is 83.7 Å². The van der Waals surface area contributed by atoms with Gasteiger partial charge >= 0.3 is 0 Å². The topological polar surface area (TPSA) is 40.6 Å². The Balaban J connectivity index is 1.28. The first kappa shape index (κ1) is 21.9. The Labute approximate surface area is 193 Å². The van der Waals surface area contributed by atoms with Crippen molar-refractivity contribution >= 4 is 11.3 Å². The van der Waals surface area contributed by atoms with Gasteiger partial charge in [0.25, 0.3) is 0 Å². The van der Waals surface area contributed by atoms with Crippen LogP contribution in [0.3, 0.4) is 0 Å². The van der Waals surface area contributed by atoms with Gasteiger partial charge in [-0.05, 0) is 54.4 Å². The summed E-state index contributed by atoms with van der Waals surface area (Å²) in [5.41, 5.74) is 5.14. The van der Waals surface area contributed by atoms with E-state index >= 15 is 0 Å². The zero-order valence-electron chi connectivity index (χ0n) is 18.2. The monoisotopic (exact) mass is 445 g/mol. The van der Waals surface area contributed by atoms with Crippen molar-refractivity contribution < 1.29 is 14.2 Å². The fourth-order valence-electron chi connectivity index (χ4n) is 3.34. The van der Waals surface area contributed by atoms with Crippen LogP contribution < -0.4 is 14.2 Å². The molecule has 4 rings (SSSR count). The van der Waals surface area contributed by atoms with E-state index in [1.807, 2.05) is 77.6 Å². The van der Waals surface area contributed by atoms with Gasteiger partial charge in [0.1, 0.15) is 23.0 Å². The van der Waals surface area contributed by atoms with Crippen LogP contribution in [0.5, 0.6) is 23.0 Å². The molecule has 32 heavy (non-hydrogen) atoms. The molecule has 0 saturated carbocycles. The Hall–Kier alpha value is -3.31. The Morgan fingerprint density at radius 1 is 0.812 bits per heavy atom. The highest BCUT2D eigenvalue weighted by Crippen LogP contribution is 2.29. The molecule has 0 bridgehead atoms. The maximum Gasteiger partial charge on any atom is 0.131 e. The van der Waals surface area contributed by atoms with Crippen LogP contribution in [0.2, 0.25) is 0 Å². The number of nitrogens with zero attached hydrogens (tertiary/aromatic N) is 1. The van der Waals surface area contributed by atoms with Gasteiger partial charge in [-0.15, -0.1) is 11.3 Å². The summed E-state index contributed by atoms with van der Waals surface area (Å²) < 4.78 is 17.9. The molecule has 0 aliphatic heterocycles. The summed E-state index contributed by atoms with van der Waals surface area (Å²) in [6.45, 7) is 3.35. The Kier molecular flexibility index (Phi) is 7.77. The summed E-state index contributed by atoms with van der Waals surface area (Å²) in [6, 6.07) is 23.9. The average molecular weight is 446 g/mol. The van der Waals surface area contributed by atoms with Crippen molar-refractivity contribution in [2.24, 2.45) is 0 Å². The van der Waals surface area contributed by atoms with Gasteiger partial charge in [-0.3, -0.25) is 0 Å². The second kappa shape index (κ2) is 11.3. The lowest BCUT2D eigenvalue weighted by molar-refractivity contribution is 0.245. The number of thiazole rings is 1. The molecule has 4 nitrogen and oxygen atoms in total. The first-order chi connectivity index (χ1) is 15.8. The number of para-hydroxylation sites is 1. The lowest BCUT2D eigenvalue weighted by Gasteiger charge is -2.14. The molecule has 1 heterocycles. The molecule has 164 valence electrons. The Morgan fingerprint density at radius 3 is 2.34 bits per heavy atom. The summed E-state index contributed by atoms with van der Waals surface area (Å²) in [7, 11) is 0. The van der Waals surface area contributed by atoms with E-state index in [4.69, 9.17) is 14.2 Å². The molecule has 0 unspecified atom stereocenters. The second-order valence-electron chi connectivity index (χ2n) is 7.38. The number of hydrogen-bond donors (Lipinski definition) is 0. The largest absolute Gasteiger partial charge is 0.493 e. The quantitative estimate of drug-likeness (QED) is 0.225. The number of ether oxygens (including phenoxy) is 3. The van der Waals surface area contributed by atoms with Gasteiger partial charge in [0.05, 0.1) is 24.4 Å². The van der Waals surface area contributed by atoms with Gasteiger partial charge in [0, 0.05) is 23.4 Å². The van der Waals surface area contributed by atoms with Crippen LogP contribution in [0.4, 0.5) is 0 Å². The molecule has 0 spiro atoms. The van der Waals surface area contributed by atoms with Crippen molar-refractivity contribution in [2.75, 3.05) is 13.2 Å². The van der Waals surface area contributed by atoms with E-state index in [2.05, 4.69) is 18.0 Å². The summed E-state index contributed by atoms with van der Waals surface area (Å²) in [4.78, 5) is 4.33. The molecule has 0 fully saturated rings. The first-order valence-corrected chi connectivity index (χ1v) is 11.9.